The number of amides is 1. The number of hydrogen-bond donors (Lipinski definition) is 1. The molecule has 1 aliphatic heterocycles. The average molecular weight is 449 g/mol. The number of piperazine rings is 1. The Morgan fingerprint density at radius 1 is 1.23 bits per heavy atom. The molecule has 0 saturated carbocycles. The molecule has 1 amide bonds. The first kappa shape index (κ1) is 21.4. The highest BCUT2D eigenvalue weighted by Gasteiger charge is 2.26. The number of benzene rings is 1. The zero-order valence-electron chi connectivity index (χ0n) is 17.3. The maximum atomic E-state index is 14.5. The van der Waals surface area contributed by atoms with Gasteiger partial charge in [0.2, 0.25) is 0 Å². The third-order valence-electron chi connectivity index (χ3n) is 5.53. The quantitative estimate of drug-likeness (QED) is 0.627. The summed E-state index contributed by atoms with van der Waals surface area (Å²) >= 11 is 6.04. The molecule has 4 rings (SSSR count). The van der Waals surface area contributed by atoms with Gasteiger partial charge in [0.1, 0.15) is 11.5 Å². The molecule has 0 atom stereocenters. The van der Waals surface area contributed by atoms with Crippen LogP contribution in [0.3, 0.4) is 0 Å². The lowest BCUT2D eigenvalue weighted by Gasteiger charge is -2.35. The van der Waals surface area contributed by atoms with E-state index in [1.165, 1.54) is 13.2 Å². The van der Waals surface area contributed by atoms with Crippen LogP contribution in [0.5, 0.6) is 5.75 Å². The van der Waals surface area contributed by atoms with Crippen LogP contribution in [0, 0.1) is 11.6 Å². The number of aryl methyl sites for hydroxylation is 1. The van der Waals surface area contributed by atoms with E-state index in [9.17, 15) is 13.6 Å². The molecule has 9 heteroatoms. The summed E-state index contributed by atoms with van der Waals surface area (Å²) in [4.78, 5) is 23.8. The fourth-order valence-electron chi connectivity index (χ4n) is 3.98. The molecule has 1 saturated heterocycles. The van der Waals surface area contributed by atoms with E-state index in [0.29, 0.717) is 48.8 Å². The van der Waals surface area contributed by atoms with Crippen molar-refractivity contribution in [3.8, 4) is 5.75 Å². The van der Waals surface area contributed by atoms with Crippen molar-refractivity contribution in [2.24, 2.45) is 0 Å². The van der Waals surface area contributed by atoms with Crippen LogP contribution >= 0.6 is 11.6 Å². The fourth-order valence-corrected chi connectivity index (χ4v) is 4.20. The number of nitrogens with one attached hydrogen (secondary N) is 1. The van der Waals surface area contributed by atoms with Gasteiger partial charge in [-0.15, -0.1) is 0 Å². The molecule has 0 radical (unpaired) electrons. The van der Waals surface area contributed by atoms with E-state index in [0.717, 1.165) is 24.6 Å². The van der Waals surface area contributed by atoms with Crippen LogP contribution in [0.25, 0.3) is 10.9 Å². The van der Waals surface area contributed by atoms with Gasteiger partial charge in [0, 0.05) is 37.6 Å². The lowest BCUT2D eigenvalue weighted by Crippen LogP contribution is -2.49. The molecule has 3 aromatic rings. The third-order valence-corrected chi connectivity index (χ3v) is 5.80. The zero-order chi connectivity index (χ0) is 22.1. The summed E-state index contributed by atoms with van der Waals surface area (Å²) in [5.41, 5.74) is 1.51. The fraction of sp³-hybridized carbons (Fsp3) is 0.364. The van der Waals surface area contributed by atoms with Crippen molar-refractivity contribution >= 4 is 34.2 Å². The van der Waals surface area contributed by atoms with E-state index in [2.05, 4.69) is 9.97 Å². The third kappa shape index (κ3) is 4.04. The molecule has 0 spiro atoms. The minimum Gasteiger partial charge on any atom is -0.493 e. The van der Waals surface area contributed by atoms with Crippen LogP contribution in [0.4, 0.5) is 14.6 Å². The minimum absolute atomic E-state index is 0.0474. The Kier molecular flexibility index (Phi) is 6.00. The van der Waals surface area contributed by atoms with Gasteiger partial charge in [0.05, 0.1) is 23.8 Å². The molecule has 31 heavy (non-hydrogen) atoms. The first-order valence-corrected chi connectivity index (χ1v) is 10.5. The number of anilines is 1. The average Bonchev–Trinajstić information content (AvgIpc) is 3.23. The summed E-state index contributed by atoms with van der Waals surface area (Å²) in [5, 5.41) is 0.733. The second kappa shape index (κ2) is 8.70. The summed E-state index contributed by atoms with van der Waals surface area (Å²) in [6, 6.07) is 4.63. The summed E-state index contributed by atoms with van der Waals surface area (Å²) < 4.78 is 33.2. The van der Waals surface area contributed by atoms with E-state index >= 15 is 0 Å². The van der Waals surface area contributed by atoms with Gasteiger partial charge in [-0.25, -0.2) is 13.8 Å². The molecule has 0 bridgehead atoms. The monoisotopic (exact) mass is 448 g/mol. The van der Waals surface area contributed by atoms with Gasteiger partial charge in [-0.2, -0.15) is 0 Å². The molecular weight excluding hydrogens is 426 g/mol. The van der Waals surface area contributed by atoms with Gasteiger partial charge in [0.15, 0.2) is 17.4 Å². The van der Waals surface area contributed by atoms with E-state index in [4.69, 9.17) is 16.3 Å². The van der Waals surface area contributed by atoms with E-state index < -0.39 is 11.6 Å². The Morgan fingerprint density at radius 3 is 2.65 bits per heavy atom. The maximum absolute atomic E-state index is 14.5. The number of aromatic nitrogens is 2. The summed E-state index contributed by atoms with van der Waals surface area (Å²) in [6.07, 6.45) is 2.77. The van der Waals surface area contributed by atoms with E-state index in [1.54, 1.807) is 17.0 Å². The van der Waals surface area contributed by atoms with Crippen molar-refractivity contribution in [3.63, 3.8) is 0 Å². The van der Waals surface area contributed by atoms with Gasteiger partial charge in [-0.3, -0.25) is 4.79 Å². The lowest BCUT2D eigenvalue weighted by molar-refractivity contribution is 0.0741. The van der Waals surface area contributed by atoms with E-state index in [-0.39, 0.29) is 16.4 Å². The number of halogens is 3. The van der Waals surface area contributed by atoms with Gasteiger partial charge in [0.25, 0.3) is 5.91 Å². The SMILES string of the molecule is CCCc1cc(Cl)c(F)c2[nH]c(C(=O)N3CCN(c4ncc(F)cc4OC)CC3)cc12. The van der Waals surface area contributed by atoms with Crippen molar-refractivity contribution in [3.05, 3.63) is 52.3 Å². The number of rotatable bonds is 5. The number of methoxy groups -OCH3 is 1. The van der Waals surface area contributed by atoms with Gasteiger partial charge in [-0.05, 0) is 24.1 Å². The number of carbonyl (C=O) groups is 1. The van der Waals surface area contributed by atoms with Crippen molar-refractivity contribution < 1.29 is 18.3 Å². The lowest BCUT2D eigenvalue weighted by atomic mass is 10.1. The molecule has 2 aromatic heterocycles. The van der Waals surface area contributed by atoms with Crippen molar-refractivity contribution in [1.82, 2.24) is 14.9 Å². The minimum atomic E-state index is -0.546. The van der Waals surface area contributed by atoms with Crippen LogP contribution in [0.15, 0.2) is 24.4 Å². The second-order valence-electron chi connectivity index (χ2n) is 7.51. The number of aromatic amines is 1. The number of hydrogen-bond acceptors (Lipinski definition) is 4. The standard InChI is InChI=1S/C22H23ClF2N4O2/c1-3-4-13-9-16(23)19(25)20-15(13)11-17(27-20)22(30)29-7-5-28(6-8-29)21-18(31-2)10-14(24)12-26-21/h9-12,27H,3-8H2,1-2H3. The van der Waals surface area contributed by atoms with Gasteiger partial charge < -0.3 is 19.5 Å². The predicted octanol–water partition coefficient (Wildman–Crippen LogP) is 4.42. The molecule has 0 aliphatic carbocycles. The van der Waals surface area contributed by atoms with Crippen LogP contribution in [0.1, 0.15) is 29.4 Å². The van der Waals surface area contributed by atoms with Crippen LogP contribution < -0.4 is 9.64 Å². The Labute approximate surface area is 183 Å². The predicted molar refractivity (Wildman–Crippen MR) is 116 cm³/mol. The zero-order valence-corrected chi connectivity index (χ0v) is 18.1. The number of fused-ring (bicyclic) bond motifs is 1. The highest BCUT2D eigenvalue weighted by atomic mass is 35.5. The largest absolute Gasteiger partial charge is 0.493 e. The highest BCUT2D eigenvalue weighted by molar-refractivity contribution is 6.31. The summed E-state index contributed by atoms with van der Waals surface area (Å²) in [5.74, 6) is -0.320. The highest BCUT2D eigenvalue weighted by Crippen LogP contribution is 2.31. The van der Waals surface area contributed by atoms with Crippen molar-refractivity contribution in [2.75, 3.05) is 38.2 Å². The van der Waals surface area contributed by atoms with Crippen LogP contribution in [-0.4, -0.2) is 54.1 Å². The number of nitrogens with zero attached hydrogens (tertiary/aromatic N) is 3. The maximum Gasteiger partial charge on any atom is 0.270 e. The smallest absolute Gasteiger partial charge is 0.270 e. The van der Waals surface area contributed by atoms with Gasteiger partial charge >= 0.3 is 0 Å². The molecule has 1 fully saturated rings. The molecular formula is C22H23ClF2N4O2. The Bertz CT molecular complexity index is 1130. The first-order chi connectivity index (χ1) is 14.9. The molecule has 1 aliphatic rings. The Morgan fingerprint density at radius 2 is 1.97 bits per heavy atom. The second-order valence-corrected chi connectivity index (χ2v) is 7.92. The van der Waals surface area contributed by atoms with Crippen molar-refractivity contribution in [2.45, 2.75) is 19.8 Å². The molecule has 6 nitrogen and oxygen atoms in total. The molecule has 3 heterocycles. The van der Waals surface area contributed by atoms with Crippen LogP contribution in [-0.2, 0) is 6.42 Å². The summed E-state index contributed by atoms with van der Waals surface area (Å²) in [6.45, 7) is 3.96. The molecule has 0 unspecified atom stereocenters. The first-order valence-electron chi connectivity index (χ1n) is 10.2. The van der Waals surface area contributed by atoms with E-state index in [1.807, 2.05) is 11.8 Å². The van der Waals surface area contributed by atoms with Crippen LogP contribution in [0.2, 0.25) is 5.02 Å². The molecule has 164 valence electrons. The number of carbonyl (C=O) groups excluding carboxylic acids is 1. The van der Waals surface area contributed by atoms with Gasteiger partial charge in [-0.1, -0.05) is 24.9 Å². The normalized spacial score (nSPS) is 14.4. The topological polar surface area (TPSA) is 61.5 Å². The van der Waals surface area contributed by atoms with Crippen molar-refractivity contribution in [1.29, 1.82) is 0 Å². The number of pyridine rings is 1. The Hall–Kier alpha value is -2.87. The summed E-state index contributed by atoms with van der Waals surface area (Å²) in [7, 11) is 1.47. The molecule has 1 aromatic carbocycles. The Balaban J connectivity index is 1.53. The molecule has 1 N–H and O–H groups in total. The number of H-pyrrole nitrogens is 1. The number of ether oxygens (including phenoxy) is 1.